The first-order valence-corrected chi connectivity index (χ1v) is 7.35. The maximum Gasteiger partial charge on any atom is 0.135 e. The Morgan fingerprint density at radius 1 is 1.40 bits per heavy atom. The van der Waals surface area contributed by atoms with Gasteiger partial charge in [-0.15, -0.1) is 0 Å². The van der Waals surface area contributed by atoms with Gasteiger partial charge < -0.3 is 4.42 Å². The largest absolute Gasteiger partial charge is 0.456 e. The van der Waals surface area contributed by atoms with Crippen molar-refractivity contribution in [2.45, 2.75) is 32.5 Å². The highest BCUT2D eigenvalue weighted by Gasteiger charge is 2.15. The Labute approximate surface area is 119 Å². The maximum absolute atomic E-state index is 5.95. The monoisotopic (exact) mass is 270 g/mol. The van der Waals surface area contributed by atoms with Gasteiger partial charge in [-0.3, -0.25) is 10.2 Å². The van der Waals surface area contributed by atoms with E-state index in [1.807, 2.05) is 12.1 Å². The summed E-state index contributed by atoms with van der Waals surface area (Å²) in [4.78, 5) is 2.29. The number of para-hydroxylation sites is 1. The lowest BCUT2D eigenvalue weighted by molar-refractivity contribution is 0.223. The van der Waals surface area contributed by atoms with Crippen molar-refractivity contribution in [3.63, 3.8) is 0 Å². The van der Waals surface area contributed by atoms with Crippen LogP contribution in [0.1, 0.15) is 20.3 Å². The number of nitrogens with zero attached hydrogens (tertiary/aromatic N) is 1. The first-order valence-electron chi connectivity index (χ1n) is 7.35. The minimum Gasteiger partial charge on any atom is -0.456 e. The summed E-state index contributed by atoms with van der Waals surface area (Å²) in [7, 11) is 2.14. The van der Waals surface area contributed by atoms with Crippen LogP contribution >= 0.6 is 0 Å². The second-order valence-electron chi connectivity index (χ2n) is 5.51. The van der Waals surface area contributed by atoms with Crippen LogP contribution in [0, 0.1) is 0 Å². The molecule has 3 rings (SSSR count). The zero-order valence-corrected chi connectivity index (χ0v) is 12.4. The van der Waals surface area contributed by atoms with Gasteiger partial charge in [0.1, 0.15) is 11.0 Å². The van der Waals surface area contributed by atoms with Gasteiger partial charge in [0, 0.05) is 16.6 Å². The summed E-state index contributed by atoms with van der Waals surface area (Å²) in [5.41, 5.74) is 1.98. The SMILES string of the molecule is CCN(C)C(C)NC1C=c2oc3ccccc3c2=CC1. The van der Waals surface area contributed by atoms with Crippen LogP contribution in [0.3, 0.4) is 0 Å². The molecule has 0 saturated heterocycles. The van der Waals surface area contributed by atoms with Gasteiger partial charge in [-0.25, -0.2) is 0 Å². The van der Waals surface area contributed by atoms with E-state index in [1.165, 1.54) is 10.6 Å². The molecule has 1 N–H and O–H groups in total. The van der Waals surface area contributed by atoms with E-state index in [0.29, 0.717) is 12.2 Å². The third-order valence-corrected chi connectivity index (χ3v) is 4.21. The van der Waals surface area contributed by atoms with Gasteiger partial charge >= 0.3 is 0 Å². The van der Waals surface area contributed by atoms with Crippen molar-refractivity contribution >= 4 is 23.1 Å². The molecule has 1 aliphatic carbocycles. The molecule has 2 unspecified atom stereocenters. The fourth-order valence-electron chi connectivity index (χ4n) is 2.74. The predicted octanol–water partition coefficient (Wildman–Crippen LogP) is 1.65. The van der Waals surface area contributed by atoms with Crippen LogP contribution in [0.4, 0.5) is 0 Å². The van der Waals surface area contributed by atoms with Crippen molar-refractivity contribution in [2.75, 3.05) is 13.6 Å². The normalized spacial score (nSPS) is 19.5. The van der Waals surface area contributed by atoms with Crippen LogP contribution in [0.2, 0.25) is 0 Å². The summed E-state index contributed by atoms with van der Waals surface area (Å²) in [5.74, 6) is 0. The molecule has 2 atom stereocenters. The van der Waals surface area contributed by atoms with E-state index in [-0.39, 0.29) is 0 Å². The summed E-state index contributed by atoms with van der Waals surface area (Å²) < 4.78 is 5.95. The number of hydrogen-bond acceptors (Lipinski definition) is 3. The number of hydrogen-bond donors (Lipinski definition) is 1. The summed E-state index contributed by atoms with van der Waals surface area (Å²) in [5, 5.41) is 6.10. The molecule has 3 heteroatoms. The zero-order chi connectivity index (χ0) is 14.1. The lowest BCUT2D eigenvalue weighted by atomic mass is 10.1. The fourth-order valence-corrected chi connectivity index (χ4v) is 2.74. The van der Waals surface area contributed by atoms with E-state index in [0.717, 1.165) is 24.0 Å². The molecule has 1 heterocycles. The number of rotatable bonds is 4. The average Bonchev–Trinajstić information content (AvgIpc) is 2.83. The van der Waals surface area contributed by atoms with Crippen LogP contribution in [0.5, 0.6) is 0 Å². The molecular formula is C17H22N2O. The van der Waals surface area contributed by atoms with E-state index in [2.05, 4.69) is 55.4 Å². The molecule has 3 nitrogen and oxygen atoms in total. The van der Waals surface area contributed by atoms with Crippen LogP contribution in [-0.2, 0) is 0 Å². The Bertz CT molecular complexity index is 716. The molecule has 1 aliphatic rings. The molecule has 20 heavy (non-hydrogen) atoms. The molecule has 2 aromatic rings. The highest BCUT2D eigenvalue weighted by molar-refractivity contribution is 5.79. The van der Waals surface area contributed by atoms with Gasteiger partial charge in [0.25, 0.3) is 0 Å². The van der Waals surface area contributed by atoms with Crippen molar-refractivity contribution in [3.8, 4) is 0 Å². The maximum atomic E-state index is 5.95. The Morgan fingerprint density at radius 2 is 2.20 bits per heavy atom. The highest BCUT2D eigenvalue weighted by Crippen LogP contribution is 2.10. The van der Waals surface area contributed by atoms with Crippen molar-refractivity contribution in [3.05, 3.63) is 34.9 Å². The highest BCUT2D eigenvalue weighted by atomic mass is 16.3. The molecule has 0 bridgehead atoms. The molecule has 0 radical (unpaired) electrons. The number of fused-ring (bicyclic) bond motifs is 3. The van der Waals surface area contributed by atoms with Crippen LogP contribution < -0.4 is 16.0 Å². The lowest BCUT2D eigenvalue weighted by Gasteiger charge is -2.28. The zero-order valence-electron chi connectivity index (χ0n) is 12.4. The second-order valence-corrected chi connectivity index (χ2v) is 5.51. The molecule has 106 valence electrons. The fraction of sp³-hybridized carbons (Fsp3) is 0.412. The molecule has 0 spiro atoms. The molecular weight excluding hydrogens is 248 g/mol. The third-order valence-electron chi connectivity index (χ3n) is 4.21. The average molecular weight is 270 g/mol. The van der Waals surface area contributed by atoms with Gasteiger partial charge in [-0.05, 0) is 39.1 Å². The van der Waals surface area contributed by atoms with E-state index in [4.69, 9.17) is 4.42 Å². The Hall–Kier alpha value is -1.58. The Kier molecular flexibility index (Phi) is 3.64. The lowest BCUT2D eigenvalue weighted by Crippen LogP contribution is -2.47. The number of nitrogens with one attached hydrogen (secondary N) is 1. The first kappa shape index (κ1) is 13.4. The summed E-state index contributed by atoms with van der Waals surface area (Å²) in [6, 6.07) is 8.58. The standard InChI is InChI=1S/C17H22N2O/c1-4-19(3)12(2)18-13-9-10-15-14-7-5-6-8-16(14)20-17(15)11-13/h5-8,10-13,18H,4,9H2,1-3H3. The van der Waals surface area contributed by atoms with Gasteiger partial charge in [-0.2, -0.15) is 0 Å². The minimum atomic E-state index is 0.340. The number of benzene rings is 1. The van der Waals surface area contributed by atoms with Gasteiger partial charge in [0.2, 0.25) is 0 Å². The molecule has 0 saturated carbocycles. The Balaban J connectivity index is 1.90. The van der Waals surface area contributed by atoms with E-state index in [9.17, 15) is 0 Å². The van der Waals surface area contributed by atoms with E-state index < -0.39 is 0 Å². The predicted molar refractivity (Wildman–Crippen MR) is 83.7 cm³/mol. The van der Waals surface area contributed by atoms with E-state index in [1.54, 1.807) is 0 Å². The second kappa shape index (κ2) is 5.43. The van der Waals surface area contributed by atoms with E-state index >= 15 is 0 Å². The summed E-state index contributed by atoms with van der Waals surface area (Å²) in [6.45, 7) is 5.41. The van der Waals surface area contributed by atoms with Crippen molar-refractivity contribution < 1.29 is 4.42 Å². The first-order chi connectivity index (χ1) is 9.69. The van der Waals surface area contributed by atoms with Crippen LogP contribution in [-0.4, -0.2) is 30.7 Å². The van der Waals surface area contributed by atoms with Crippen molar-refractivity contribution in [1.29, 1.82) is 0 Å². The van der Waals surface area contributed by atoms with Crippen molar-refractivity contribution in [2.24, 2.45) is 0 Å². The molecule has 0 fully saturated rings. The van der Waals surface area contributed by atoms with Gasteiger partial charge in [-0.1, -0.05) is 31.2 Å². The smallest absolute Gasteiger partial charge is 0.135 e. The van der Waals surface area contributed by atoms with Gasteiger partial charge in [0.05, 0.1) is 6.17 Å². The quantitative estimate of drug-likeness (QED) is 0.856. The van der Waals surface area contributed by atoms with Crippen molar-refractivity contribution in [1.82, 2.24) is 10.2 Å². The van der Waals surface area contributed by atoms with Crippen LogP contribution in [0.25, 0.3) is 23.1 Å². The molecule has 1 aromatic heterocycles. The topological polar surface area (TPSA) is 28.4 Å². The Morgan fingerprint density at radius 3 is 3.00 bits per heavy atom. The summed E-state index contributed by atoms with van der Waals surface area (Å²) >= 11 is 0. The third kappa shape index (κ3) is 2.39. The molecule has 1 aromatic carbocycles. The molecule has 0 aliphatic heterocycles. The number of furan rings is 1. The minimum absolute atomic E-state index is 0.340. The van der Waals surface area contributed by atoms with Gasteiger partial charge in [0.15, 0.2) is 0 Å². The summed E-state index contributed by atoms with van der Waals surface area (Å²) in [6.07, 6.45) is 5.88. The molecule has 0 amide bonds. The van der Waals surface area contributed by atoms with Crippen LogP contribution in [0.15, 0.2) is 28.7 Å².